The van der Waals surface area contributed by atoms with E-state index >= 15 is 0 Å². The number of benzene rings is 2. The summed E-state index contributed by atoms with van der Waals surface area (Å²) in [5.74, 6) is -16.2. The lowest BCUT2D eigenvalue weighted by Crippen LogP contribution is -2.61. The second-order valence-electron chi connectivity index (χ2n) is 24.5. The van der Waals surface area contributed by atoms with Crippen molar-refractivity contribution in [1.82, 2.24) is 79.8 Å². The molecule has 29 N–H and O–H groups in total. The maximum Gasteiger partial charge on any atom is 0.305 e. The van der Waals surface area contributed by atoms with Crippen LogP contribution in [-0.2, 0) is 80.0 Å². The third-order valence-corrected chi connectivity index (χ3v) is 16.5. The SMILES string of the molecule is CC[C@H](C)[C@H](NC(=O)[C@H](CCCNC(=N)N)NC(=O)[C@H](CC(=O)O)NC(=O)[C@@H](NC(=O)[C@H](CCCNC(=N)N)NC(=O)CNC(=O)CNC(=O)[C@H](Cc1ccccc1)NC(=O)[C@H](CS)NC(=O)[C@H](CO)NC(=O)[C@@H](N)CO)[C@@H](C)CC)C(=O)N[C@@H](Cc1ccccc1)C(=O)N[C@H]([C]=O)CCCNC(=N)N. The van der Waals surface area contributed by atoms with E-state index in [4.69, 9.17) is 39.2 Å². The van der Waals surface area contributed by atoms with Crippen molar-refractivity contribution in [3.8, 4) is 0 Å². The number of amides is 12. The number of aliphatic hydroxyl groups excluding tert-OH is 2. The number of aliphatic carboxylic acids is 1. The molecule has 0 heterocycles. The van der Waals surface area contributed by atoms with Crippen LogP contribution in [0, 0.1) is 28.1 Å². The van der Waals surface area contributed by atoms with E-state index in [1.165, 1.54) is 0 Å². The zero-order valence-corrected chi connectivity index (χ0v) is 59.9. The lowest BCUT2D eigenvalue weighted by molar-refractivity contribution is -0.142. The number of hydrogen-bond donors (Lipinski definition) is 26. The highest BCUT2D eigenvalue weighted by atomic mass is 32.1. The molecule has 2 aromatic carbocycles. The number of carbonyl (C=O) groups excluding carboxylic acids is 13. The molecule has 0 unspecified atom stereocenters. The summed E-state index contributed by atoms with van der Waals surface area (Å²) in [4.78, 5) is 190. The second-order valence-corrected chi connectivity index (χ2v) is 24.8. The first-order chi connectivity index (χ1) is 49.8. The molecule has 0 fully saturated rings. The van der Waals surface area contributed by atoms with Gasteiger partial charge in [-0.1, -0.05) is 101 Å². The molecule has 581 valence electrons. The highest BCUT2D eigenvalue weighted by Crippen LogP contribution is 2.15. The molecule has 105 heavy (non-hydrogen) atoms. The predicted molar refractivity (Wildman–Crippen MR) is 386 cm³/mol. The number of carboxylic acid groups (broad SMARTS) is 1. The van der Waals surface area contributed by atoms with Gasteiger partial charge >= 0.3 is 5.97 Å². The molecule has 2 rings (SSSR count). The molecule has 0 bridgehead atoms. The Morgan fingerprint density at radius 2 is 0.829 bits per heavy atom. The molecule has 0 saturated heterocycles. The van der Waals surface area contributed by atoms with Crippen LogP contribution in [-0.4, -0.2) is 234 Å². The number of guanidine groups is 3. The summed E-state index contributed by atoms with van der Waals surface area (Å²) >= 11 is 4.13. The number of hydrogen-bond acceptors (Lipinski definition) is 21. The Kier molecular flexibility index (Phi) is 42.2. The topological polar surface area (TPSA) is 656 Å². The first kappa shape index (κ1) is 90.3. The number of nitrogens with two attached hydrogens (primary N) is 4. The van der Waals surface area contributed by atoms with Crippen LogP contribution in [0.1, 0.15) is 96.6 Å². The van der Waals surface area contributed by atoms with E-state index in [1.807, 2.05) is 0 Å². The zero-order chi connectivity index (χ0) is 78.7. The minimum atomic E-state index is -1.96. The fourth-order valence-corrected chi connectivity index (χ4v) is 10.1. The number of carboxylic acids is 1. The zero-order valence-electron chi connectivity index (χ0n) is 59.0. The lowest BCUT2D eigenvalue weighted by atomic mass is 9.96. The largest absolute Gasteiger partial charge is 0.481 e. The lowest BCUT2D eigenvalue weighted by Gasteiger charge is -2.30. The molecule has 0 aliphatic carbocycles. The van der Waals surface area contributed by atoms with E-state index in [1.54, 1.807) is 94.6 Å². The van der Waals surface area contributed by atoms with Crippen LogP contribution in [0.25, 0.3) is 0 Å². The fraction of sp³-hybridized carbons (Fsp3) is 0.554. The third-order valence-electron chi connectivity index (χ3n) is 16.2. The van der Waals surface area contributed by atoms with Crippen molar-refractivity contribution in [3.63, 3.8) is 0 Å². The van der Waals surface area contributed by atoms with Gasteiger partial charge in [0.1, 0.15) is 60.4 Å². The highest BCUT2D eigenvalue weighted by molar-refractivity contribution is 7.80. The third kappa shape index (κ3) is 35.3. The van der Waals surface area contributed by atoms with Gasteiger partial charge in [0.2, 0.25) is 77.2 Å². The minimum Gasteiger partial charge on any atom is -0.481 e. The Balaban J connectivity index is 2.40. The van der Waals surface area contributed by atoms with Crippen molar-refractivity contribution >= 4 is 114 Å². The van der Waals surface area contributed by atoms with E-state index in [2.05, 4.69) is 92.4 Å². The molecular formula is C65H103N22O17S. The fourth-order valence-electron chi connectivity index (χ4n) is 9.84. The number of carbonyl (C=O) groups is 13. The van der Waals surface area contributed by atoms with Gasteiger partial charge in [0.25, 0.3) is 0 Å². The molecule has 40 heteroatoms. The van der Waals surface area contributed by atoms with Crippen molar-refractivity contribution < 1.29 is 82.4 Å². The molecule has 2 aromatic rings. The number of aliphatic hydroxyl groups is 2. The molecule has 39 nitrogen and oxygen atoms in total. The Morgan fingerprint density at radius 3 is 1.27 bits per heavy atom. The van der Waals surface area contributed by atoms with Crippen LogP contribution in [0.5, 0.6) is 0 Å². The summed E-state index contributed by atoms with van der Waals surface area (Å²) in [5, 5.41) is 88.7. The van der Waals surface area contributed by atoms with Gasteiger partial charge in [0.15, 0.2) is 17.9 Å². The quantitative estimate of drug-likeness (QED) is 0.0127. The highest BCUT2D eigenvalue weighted by Gasteiger charge is 2.38. The summed E-state index contributed by atoms with van der Waals surface area (Å²) in [6.07, 6.45) is 0.951. The normalized spacial score (nSPS) is 14.6. The maximum absolute atomic E-state index is 14.5. The van der Waals surface area contributed by atoms with Crippen LogP contribution < -0.4 is 103 Å². The van der Waals surface area contributed by atoms with Gasteiger partial charge in [-0.25, -0.2) is 0 Å². The van der Waals surface area contributed by atoms with Gasteiger partial charge in [-0.15, -0.1) is 0 Å². The Bertz CT molecular complexity index is 3250. The maximum atomic E-state index is 14.5. The smallest absolute Gasteiger partial charge is 0.305 e. The first-order valence-electron chi connectivity index (χ1n) is 33.9. The van der Waals surface area contributed by atoms with E-state index in [-0.39, 0.29) is 89.1 Å². The molecular weight excluding hydrogens is 1390 g/mol. The average Bonchev–Trinajstić information content (AvgIpc) is 0.840. The minimum absolute atomic E-state index is 0.00687. The monoisotopic (exact) mass is 1500 g/mol. The predicted octanol–water partition coefficient (Wildman–Crippen LogP) is -7.74. The van der Waals surface area contributed by atoms with Crippen LogP contribution in [0.4, 0.5) is 0 Å². The summed E-state index contributed by atoms with van der Waals surface area (Å²) in [7, 11) is 0. The molecule has 0 aliphatic rings. The Morgan fingerprint density at radius 1 is 0.448 bits per heavy atom. The molecule has 0 aromatic heterocycles. The molecule has 13 atom stereocenters. The van der Waals surface area contributed by atoms with Gasteiger partial charge in [-0.2, -0.15) is 12.6 Å². The van der Waals surface area contributed by atoms with E-state index in [0.717, 1.165) is 0 Å². The van der Waals surface area contributed by atoms with Crippen molar-refractivity contribution in [3.05, 3.63) is 71.8 Å². The Labute approximate surface area is 612 Å². The standard InChI is InChI=1S/C65H103N22O17S/c1-5-35(3)51(61(103)82-44(27-38-18-11-8-12-19-38)57(99)78-39(31-88)20-13-23-73-63(67)68)87-56(98)42(22-15-25-75-65(71)72)80-58(100)45(28-50(93)94)83-62(104)52(36(4)6-2)86-55(97)41(21-14-24-74-64(69)70)79-49(92)30-76-48(91)29-77-54(96)43(26-37-16-9-7-10-17-37)81-60(102)47(34-105)85-59(101)46(33-90)84-53(95)40(66)32-89/h7-12,16-19,35-36,39-47,51-52,89-90,105H,5-6,13-15,20-30,32-34,66H2,1-4H3,(H,76,91)(H,77,96)(H,78,99)(H,79,92)(H,80,100)(H,81,102)(H,82,103)(H,83,104)(H,84,95)(H,85,101)(H,86,97)(H,87,98)(H,93,94)(H4,67,68,73)(H4,69,70,74)(H4,71,72,75)/t35-,36-,39-,40-,41-,42-,43-,44-,45-,46-,47-,51-,52-/m0/s1. The molecule has 0 spiro atoms. The van der Waals surface area contributed by atoms with Crippen LogP contribution in [0.2, 0.25) is 0 Å². The second kappa shape index (κ2) is 49.0. The van der Waals surface area contributed by atoms with Crippen LogP contribution in [0.15, 0.2) is 60.7 Å². The van der Waals surface area contributed by atoms with Gasteiger partial charge < -0.3 is 118 Å². The summed E-state index contributed by atoms with van der Waals surface area (Å²) in [6.45, 7) is 3.45. The number of rotatable bonds is 50. The first-order valence-corrected chi connectivity index (χ1v) is 34.5. The van der Waals surface area contributed by atoms with Crippen molar-refractivity contribution in [2.75, 3.05) is 51.7 Å². The van der Waals surface area contributed by atoms with Crippen molar-refractivity contribution in [2.45, 2.75) is 165 Å². The van der Waals surface area contributed by atoms with Gasteiger partial charge in [0.05, 0.1) is 38.8 Å². The van der Waals surface area contributed by atoms with Crippen molar-refractivity contribution in [2.24, 2.45) is 34.8 Å². The molecule has 12 amide bonds. The van der Waals surface area contributed by atoms with Crippen LogP contribution in [0.3, 0.4) is 0 Å². The van der Waals surface area contributed by atoms with E-state index in [9.17, 15) is 82.4 Å². The van der Waals surface area contributed by atoms with Gasteiger partial charge in [0, 0.05) is 38.2 Å². The number of nitrogens with one attached hydrogen (secondary N) is 18. The average molecular weight is 1500 g/mol. The van der Waals surface area contributed by atoms with E-state index in [0.29, 0.717) is 17.5 Å². The summed E-state index contributed by atoms with van der Waals surface area (Å²) in [6, 6.07) is 0.471. The summed E-state index contributed by atoms with van der Waals surface area (Å²) in [5.41, 5.74) is 22.9. The van der Waals surface area contributed by atoms with Crippen molar-refractivity contribution in [1.29, 1.82) is 16.2 Å². The molecule has 0 saturated carbocycles. The summed E-state index contributed by atoms with van der Waals surface area (Å²) < 4.78 is 0. The Hall–Kier alpha value is -10.7. The van der Waals surface area contributed by atoms with Crippen LogP contribution >= 0.6 is 12.6 Å². The molecule has 0 aliphatic heterocycles. The van der Waals surface area contributed by atoms with E-state index < -0.39 is 200 Å². The number of thiol groups is 1. The van der Waals surface area contributed by atoms with Gasteiger partial charge in [-0.05, 0) is 61.5 Å². The van der Waals surface area contributed by atoms with Gasteiger partial charge in [-0.3, -0.25) is 83.4 Å². The molecule has 1 radical (unpaired) electrons.